The van der Waals surface area contributed by atoms with Crippen molar-refractivity contribution in [2.45, 2.75) is 26.3 Å². The van der Waals surface area contributed by atoms with Gasteiger partial charge in [-0.1, -0.05) is 18.3 Å². The van der Waals surface area contributed by atoms with Crippen LogP contribution < -0.4 is 25.2 Å². The Balaban J connectivity index is 1.55. The number of methoxy groups -OCH3 is 2. The highest BCUT2D eigenvalue weighted by molar-refractivity contribution is 7.20. The number of carbonyl (C=O) groups excluding carboxylic acids is 1. The molecule has 1 aliphatic heterocycles. The molecule has 1 saturated heterocycles. The summed E-state index contributed by atoms with van der Waals surface area (Å²) in [5.41, 5.74) is 0.204. The van der Waals surface area contributed by atoms with E-state index in [0.717, 1.165) is 30.2 Å². The van der Waals surface area contributed by atoms with Gasteiger partial charge in [0.25, 0.3) is 11.5 Å². The predicted molar refractivity (Wildman–Crippen MR) is 118 cm³/mol. The lowest BCUT2D eigenvalue weighted by Gasteiger charge is -2.30. The maximum Gasteiger partial charge on any atom is 0.288 e. The number of fused-ring (bicyclic) bond motifs is 1. The van der Waals surface area contributed by atoms with Crippen LogP contribution in [0.4, 0.5) is 5.13 Å². The topological polar surface area (TPSA) is 98.1 Å². The van der Waals surface area contributed by atoms with Gasteiger partial charge in [-0.15, -0.1) is 5.10 Å². The minimum absolute atomic E-state index is 0.0526. The van der Waals surface area contributed by atoms with E-state index < -0.39 is 11.5 Å². The number of benzene rings is 1. The van der Waals surface area contributed by atoms with Gasteiger partial charge in [-0.2, -0.15) is 4.52 Å². The second-order valence-electron chi connectivity index (χ2n) is 7.61. The van der Waals surface area contributed by atoms with Crippen LogP contribution in [0.5, 0.6) is 11.5 Å². The van der Waals surface area contributed by atoms with E-state index in [1.54, 1.807) is 32.4 Å². The van der Waals surface area contributed by atoms with Gasteiger partial charge in [-0.3, -0.25) is 9.59 Å². The molecule has 0 bridgehead atoms. The first-order valence-electron chi connectivity index (χ1n) is 10.1. The van der Waals surface area contributed by atoms with Crippen LogP contribution in [0, 0.1) is 5.92 Å². The monoisotopic (exact) mass is 443 g/mol. The standard InChI is InChI=1S/C21H25N5O4S/c1-13-5-4-8-25(12-13)21-24-26-19(28)16(11-23-20(26)31-21)18(27)22-10-14-9-15(29-2)6-7-17(14)30-3/h6-7,9,11,13H,4-5,8,10,12H2,1-3H3,(H,22,27)/t13-/m0/s1. The molecule has 1 atom stereocenters. The lowest BCUT2D eigenvalue weighted by atomic mass is 10.0. The molecule has 2 aromatic heterocycles. The molecule has 1 aromatic carbocycles. The molecular weight excluding hydrogens is 418 g/mol. The van der Waals surface area contributed by atoms with Gasteiger partial charge in [0.2, 0.25) is 10.1 Å². The average molecular weight is 444 g/mol. The minimum Gasteiger partial charge on any atom is -0.497 e. The highest BCUT2D eigenvalue weighted by atomic mass is 32.1. The smallest absolute Gasteiger partial charge is 0.288 e. The summed E-state index contributed by atoms with van der Waals surface area (Å²) in [5.74, 6) is 1.33. The minimum atomic E-state index is -0.516. The molecule has 9 nitrogen and oxygen atoms in total. The number of amides is 1. The van der Waals surface area contributed by atoms with Crippen molar-refractivity contribution in [2.24, 2.45) is 5.92 Å². The van der Waals surface area contributed by atoms with Crippen molar-refractivity contribution in [3.63, 3.8) is 0 Å². The molecular formula is C21H25N5O4S. The molecule has 3 heterocycles. The maximum absolute atomic E-state index is 12.9. The van der Waals surface area contributed by atoms with Crippen LogP contribution in [0.25, 0.3) is 4.96 Å². The molecule has 0 radical (unpaired) electrons. The van der Waals surface area contributed by atoms with Crippen molar-refractivity contribution in [3.05, 3.63) is 45.9 Å². The summed E-state index contributed by atoms with van der Waals surface area (Å²) >= 11 is 1.36. The third-order valence-electron chi connectivity index (χ3n) is 5.38. The van der Waals surface area contributed by atoms with Crippen LogP contribution in [-0.4, -0.2) is 47.8 Å². The zero-order chi connectivity index (χ0) is 22.0. The number of nitrogens with zero attached hydrogens (tertiary/aromatic N) is 4. The quantitative estimate of drug-likeness (QED) is 0.624. The van der Waals surface area contributed by atoms with Gasteiger partial charge < -0.3 is 19.7 Å². The van der Waals surface area contributed by atoms with E-state index in [1.807, 2.05) is 0 Å². The van der Waals surface area contributed by atoms with Crippen molar-refractivity contribution < 1.29 is 14.3 Å². The number of hydrogen-bond donors (Lipinski definition) is 1. The Morgan fingerprint density at radius 2 is 2.16 bits per heavy atom. The first kappa shape index (κ1) is 21.1. The van der Waals surface area contributed by atoms with Gasteiger partial charge in [-0.05, 0) is 37.0 Å². The van der Waals surface area contributed by atoms with Crippen LogP contribution in [-0.2, 0) is 6.54 Å². The number of nitrogens with one attached hydrogen (secondary N) is 1. The summed E-state index contributed by atoms with van der Waals surface area (Å²) in [7, 11) is 3.12. The largest absolute Gasteiger partial charge is 0.497 e. The van der Waals surface area contributed by atoms with Gasteiger partial charge >= 0.3 is 0 Å². The average Bonchev–Trinajstić information content (AvgIpc) is 3.23. The van der Waals surface area contributed by atoms with Crippen LogP contribution in [0.15, 0.2) is 29.2 Å². The van der Waals surface area contributed by atoms with Crippen LogP contribution in [0.2, 0.25) is 0 Å². The molecule has 10 heteroatoms. The first-order valence-corrected chi connectivity index (χ1v) is 10.9. The van der Waals surface area contributed by atoms with E-state index in [2.05, 4.69) is 27.2 Å². The van der Waals surface area contributed by atoms with Crippen LogP contribution >= 0.6 is 11.3 Å². The highest BCUT2D eigenvalue weighted by Gasteiger charge is 2.22. The lowest BCUT2D eigenvalue weighted by molar-refractivity contribution is 0.0948. The molecule has 0 aliphatic carbocycles. The molecule has 0 saturated carbocycles. The summed E-state index contributed by atoms with van der Waals surface area (Å²) in [6.45, 7) is 4.21. The lowest BCUT2D eigenvalue weighted by Crippen LogP contribution is -2.34. The summed E-state index contributed by atoms with van der Waals surface area (Å²) in [6.07, 6.45) is 3.61. The summed E-state index contributed by atoms with van der Waals surface area (Å²) in [5, 5.41) is 7.97. The van der Waals surface area contributed by atoms with Crippen molar-refractivity contribution in [3.8, 4) is 11.5 Å². The van der Waals surface area contributed by atoms with Gasteiger partial charge in [0.05, 0.1) is 14.2 Å². The second-order valence-corrected chi connectivity index (χ2v) is 8.54. The number of aromatic nitrogens is 3. The fourth-order valence-corrected chi connectivity index (χ4v) is 4.61. The van der Waals surface area contributed by atoms with Crippen molar-refractivity contribution >= 4 is 27.3 Å². The molecule has 1 fully saturated rings. The second kappa shape index (κ2) is 8.93. The van der Waals surface area contributed by atoms with Crippen LogP contribution in [0.1, 0.15) is 35.7 Å². The fourth-order valence-electron chi connectivity index (χ4n) is 3.71. The third-order valence-corrected chi connectivity index (χ3v) is 6.36. The first-order chi connectivity index (χ1) is 15.0. The zero-order valence-electron chi connectivity index (χ0n) is 17.8. The van der Waals surface area contributed by atoms with E-state index in [1.165, 1.54) is 28.5 Å². The SMILES string of the molecule is COc1ccc(OC)c(CNC(=O)c2cnc3sc(N4CCC[C@H](C)C4)nn3c2=O)c1. The molecule has 1 N–H and O–H groups in total. The van der Waals surface area contributed by atoms with E-state index in [0.29, 0.717) is 22.4 Å². The van der Waals surface area contributed by atoms with Crippen molar-refractivity contribution in [2.75, 3.05) is 32.2 Å². The third kappa shape index (κ3) is 4.34. The molecule has 1 aliphatic rings. The molecule has 0 spiro atoms. The molecule has 1 amide bonds. The Hall–Kier alpha value is -3.14. The molecule has 3 aromatic rings. The molecule has 164 valence electrons. The highest BCUT2D eigenvalue weighted by Crippen LogP contribution is 2.26. The van der Waals surface area contributed by atoms with Gasteiger partial charge in [0.15, 0.2) is 0 Å². The van der Waals surface area contributed by atoms with E-state index >= 15 is 0 Å². The predicted octanol–water partition coefficient (Wildman–Crippen LogP) is 2.33. The van der Waals surface area contributed by atoms with Crippen molar-refractivity contribution in [1.29, 1.82) is 0 Å². The Morgan fingerprint density at radius 1 is 1.32 bits per heavy atom. The van der Waals surface area contributed by atoms with E-state index in [-0.39, 0.29) is 12.1 Å². The normalized spacial score (nSPS) is 16.4. The Kier molecular flexibility index (Phi) is 6.08. The molecule has 0 unspecified atom stereocenters. The number of anilines is 1. The number of carbonyl (C=O) groups is 1. The number of hydrogen-bond acceptors (Lipinski definition) is 8. The van der Waals surface area contributed by atoms with E-state index in [4.69, 9.17) is 9.47 Å². The number of piperidine rings is 1. The Bertz CT molecular complexity index is 1160. The van der Waals surface area contributed by atoms with E-state index in [9.17, 15) is 9.59 Å². The zero-order valence-corrected chi connectivity index (χ0v) is 18.6. The Labute approximate surface area is 183 Å². The molecule has 31 heavy (non-hydrogen) atoms. The maximum atomic E-state index is 12.9. The van der Waals surface area contributed by atoms with Crippen LogP contribution in [0.3, 0.4) is 0 Å². The number of ether oxygens (including phenoxy) is 2. The van der Waals surface area contributed by atoms with Gasteiger partial charge in [-0.25, -0.2) is 4.98 Å². The molecule has 4 rings (SSSR count). The fraction of sp³-hybridized carbons (Fsp3) is 0.429. The summed E-state index contributed by atoms with van der Waals surface area (Å²) in [6, 6.07) is 5.32. The van der Waals surface area contributed by atoms with Gasteiger partial charge in [0, 0.05) is 31.4 Å². The van der Waals surface area contributed by atoms with Crippen molar-refractivity contribution in [1.82, 2.24) is 19.9 Å². The van der Waals surface area contributed by atoms with Gasteiger partial charge in [0.1, 0.15) is 17.1 Å². The number of rotatable bonds is 6. The summed E-state index contributed by atoms with van der Waals surface area (Å²) < 4.78 is 11.8. The Morgan fingerprint density at radius 3 is 2.90 bits per heavy atom. The summed E-state index contributed by atoms with van der Waals surface area (Å²) in [4.78, 5) is 32.6.